The number of hydrogen-bond donors (Lipinski definition) is 0. The van der Waals surface area contributed by atoms with Crippen LogP contribution in [0.15, 0.2) is 54.7 Å². The molecule has 1 atom stereocenters. The third kappa shape index (κ3) is 2.64. The van der Waals surface area contributed by atoms with Crippen molar-refractivity contribution in [1.29, 1.82) is 0 Å². The van der Waals surface area contributed by atoms with E-state index in [0.29, 0.717) is 18.1 Å². The SMILES string of the molecule is CC(C)c1ccc([C@H]2CC(=O)c3cn4c(nc3C2)nc2ccccc24)cc1. The lowest BCUT2D eigenvalue weighted by Crippen LogP contribution is -2.21. The van der Waals surface area contributed by atoms with E-state index in [1.54, 1.807) is 0 Å². The van der Waals surface area contributed by atoms with Gasteiger partial charge >= 0.3 is 0 Å². The van der Waals surface area contributed by atoms with Crippen molar-refractivity contribution < 1.29 is 4.79 Å². The maximum Gasteiger partial charge on any atom is 0.235 e. The predicted molar refractivity (Wildman–Crippen MR) is 106 cm³/mol. The zero-order valence-corrected chi connectivity index (χ0v) is 15.5. The van der Waals surface area contributed by atoms with E-state index in [1.165, 1.54) is 11.1 Å². The molecule has 4 nitrogen and oxygen atoms in total. The maximum absolute atomic E-state index is 12.9. The molecule has 27 heavy (non-hydrogen) atoms. The molecular weight excluding hydrogens is 334 g/mol. The number of Topliss-reactive ketones (excluding diaryl/α,β-unsaturated/α-hetero) is 1. The topological polar surface area (TPSA) is 47.3 Å². The summed E-state index contributed by atoms with van der Waals surface area (Å²) in [7, 11) is 0. The third-order valence-electron chi connectivity index (χ3n) is 5.63. The fourth-order valence-electron chi connectivity index (χ4n) is 4.04. The predicted octanol–water partition coefficient (Wildman–Crippen LogP) is 4.92. The number of carbonyl (C=O) groups is 1. The van der Waals surface area contributed by atoms with Gasteiger partial charge in [-0.25, -0.2) is 9.97 Å². The molecule has 0 fully saturated rings. The van der Waals surface area contributed by atoms with Crippen LogP contribution in [0.5, 0.6) is 0 Å². The number of ketones is 1. The average Bonchev–Trinajstić information content (AvgIpc) is 3.04. The Kier molecular flexibility index (Phi) is 3.61. The van der Waals surface area contributed by atoms with Gasteiger partial charge in [0.25, 0.3) is 0 Å². The highest BCUT2D eigenvalue weighted by Gasteiger charge is 2.28. The number of para-hydroxylation sites is 2. The van der Waals surface area contributed by atoms with Crippen molar-refractivity contribution in [1.82, 2.24) is 14.4 Å². The minimum Gasteiger partial charge on any atom is -0.294 e. The van der Waals surface area contributed by atoms with Crippen LogP contribution in [0.25, 0.3) is 16.8 Å². The van der Waals surface area contributed by atoms with Crippen LogP contribution >= 0.6 is 0 Å². The van der Waals surface area contributed by atoms with E-state index in [9.17, 15) is 4.79 Å². The number of nitrogens with zero attached hydrogens (tertiary/aromatic N) is 3. The summed E-state index contributed by atoms with van der Waals surface area (Å²) < 4.78 is 1.93. The fraction of sp³-hybridized carbons (Fsp3) is 0.261. The minimum atomic E-state index is 0.168. The monoisotopic (exact) mass is 355 g/mol. The van der Waals surface area contributed by atoms with E-state index in [1.807, 2.05) is 34.9 Å². The van der Waals surface area contributed by atoms with Gasteiger partial charge in [0.2, 0.25) is 5.78 Å². The third-order valence-corrected chi connectivity index (χ3v) is 5.63. The molecule has 0 saturated heterocycles. The Morgan fingerprint density at radius 3 is 2.56 bits per heavy atom. The first-order valence-electron chi connectivity index (χ1n) is 9.50. The van der Waals surface area contributed by atoms with Crippen LogP contribution in [0.1, 0.15) is 59.3 Å². The summed E-state index contributed by atoms with van der Waals surface area (Å²) in [5, 5.41) is 0. The van der Waals surface area contributed by atoms with Gasteiger partial charge in [0, 0.05) is 12.6 Å². The van der Waals surface area contributed by atoms with Crippen LogP contribution in [-0.4, -0.2) is 20.2 Å². The Bertz CT molecular complexity index is 1170. The van der Waals surface area contributed by atoms with Gasteiger partial charge in [0.15, 0.2) is 5.78 Å². The normalized spacial score (nSPS) is 17.0. The van der Waals surface area contributed by atoms with Crippen LogP contribution in [0.2, 0.25) is 0 Å². The number of fused-ring (bicyclic) bond motifs is 4. The van der Waals surface area contributed by atoms with Gasteiger partial charge in [0.1, 0.15) is 0 Å². The summed E-state index contributed by atoms with van der Waals surface area (Å²) in [5.41, 5.74) is 6.04. The number of benzene rings is 2. The zero-order valence-electron chi connectivity index (χ0n) is 15.5. The molecule has 4 aromatic rings. The Labute approximate surface area is 157 Å². The summed E-state index contributed by atoms with van der Waals surface area (Å²) in [6.45, 7) is 4.39. The van der Waals surface area contributed by atoms with Crippen LogP contribution in [0.4, 0.5) is 0 Å². The Morgan fingerprint density at radius 1 is 1.00 bits per heavy atom. The molecule has 1 aliphatic rings. The molecular formula is C23H21N3O. The second-order valence-electron chi connectivity index (χ2n) is 7.72. The number of carbonyl (C=O) groups excluding carboxylic acids is 1. The van der Waals surface area contributed by atoms with E-state index in [0.717, 1.165) is 28.7 Å². The Balaban J connectivity index is 1.56. The van der Waals surface area contributed by atoms with E-state index in [-0.39, 0.29) is 11.7 Å². The zero-order chi connectivity index (χ0) is 18.5. The standard InChI is InChI=1S/C23H21N3O/c1-14(2)15-7-9-16(10-8-15)17-11-20-18(22(27)12-17)13-26-21-6-4-3-5-19(21)24-23(26)25-20/h3-10,13-14,17H,11-12H2,1-2H3/t17-/m1/s1. The van der Waals surface area contributed by atoms with Gasteiger partial charge in [-0.2, -0.15) is 0 Å². The lowest BCUT2D eigenvalue weighted by molar-refractivity contribution is 0.0962. The summed E-state index contributed by atoms with van der Waals surface area (Å²) in [6, 6.07) is 16.6. The molecule has 4 heteroatoms. The summed E-state index contributed by atoms with van der Waals surface area (Å²) in [4.78, 5) is 22.2. The molecule has 0 N–H and O–H groups in total. The van der Waals surface area contributed by atoms with Gasteiger partial charge in [-0.05, 0) is 41.5 Å². The quantitative estimate of drug-likeness (QED) is 0.513. The molecule has 0 bridgehead atoms. The second-order valence-corrected chi connectivity index (χ2v) is 7.72. The second kappa shape index (κ2) is 6.02. The molecule has 0 aliphatic heterocycles. The van der Waals surface area contributed by atoms with Gasteiger partial charge in [-0.15, -0.1) is 0 Å². The molecule has 0 unspecified atom stereocenters. The molecule has 2 aromatic carbocycles. The minimum absolute atomic E-state index is 0.168. The Hall–Kier alpha value is -3.01. The van der Waals surface area contributed by atoms with Crippen LogP contribution in [0.3, 0.4) is 0 Å². The van der Waals surface area contributed by atoms with Gasteiger partial charge in [-0.1, -0.05) is 50.2 Å². The first kappa shape index (κ1) is 16.2. The molecule has 0 radical (unpaired) electrons. The van der Waals surface area contributed by atoms with E-state index >= 15 is 0 Å². The molecule has 0 amide bonds. The summed E-state index contributed by atoms with van der Waals surface area (Å²) in [5.74, 6) is 1.53. The van der Waals surface area contributed by atoms with Gasteiger partial charge in [0.05, 0.1) is 22.3 Å². The number of rotatable bonds is 2. The number of imidazole rings is 1. The van der Waals surface area contributed by atoms with E-state index < -0.39 is 0 Å². The van der Waals surface area contributed by atoms with Crippen molar-refractivity contribution in [2.75, 3.05) is 0 Å². The Morgan fingerprint density at radius 2 is 1.78 bits per heavy atom. The number of hydrogen-bond acceptors (Lipinski definition) is 3. The summed E-state index contributed by atoms with van der Waals surface area (Å²) in [6.07, 6.45) is 3.24. The van der Waals surface area contributed by atoms with E-state index in [4.69, 9.17) is 4.98 Å². The van der Waals surface area contributed by atoms with Crippen molar-refractivity contribution in [3.05, 3.63) is 77.1 Å². The van der Waals surface area contributed by atoms with Crippen LogP contribution in [-0.2, 0) is 6.42 Å². The highest BCUT2D eigenvalue weighted by atomic mass is 16.1. The lowest BCUT2D eigenvalue weighted by atomic mass is 9.81. The molecule has 0 saturated carbocycles. The average molecular weight is 355 g/mol. The van der Waals surface area contributed by atoms with Crippen molar-refractivity contribution in [3.8, 4) is 0 Å². The summed E-state index contributed by atoms with van der Waals surface area (Å²) >= 11 is 0. The van der Waals surface area contributed by atoms with E-state index in [2.05, 4.69) is 43.1 Å². The smallest absolute Gasteiger partial charge is 0.235 e. The van der Waals surface area contributed by atoms with Crippen molar-refractivity contribution in [2.24, 2.45) is 0 Å². The maximum atomic E-state index is 12.9. The largest absolute Gasteiger partial charge is 0.294 e. The van der Waals surface area contributed by atoms with Crippen LogP contribution in [0, 0.1) is 0 Å². The first-order valence-corrected chi connectivity index (χ1v) is 9.50. The molecule has 134 valence electrons. The van der Waals surface area contributed by atoms with Crippen LogP contribution < -0.4 is 0 Å². The lowest BCUT2D eigenvalue weighted by Gasteiger charge is -2.23. The molecule has 1 aliphatic carbocycles. The van der Waals surface area contributed by atoms with Crippen molar-refractivity contribution in [2.45, 2.75) is 38.5 Å². The van der Waals surface area contributed by atoms with Crippen molar-refractivity contribution >= 4 is 22.6 Å². The highest BCUT2D eigenvalue weighted by Crippen LogP contribution is 2.33. The first-order chi connectivity index (χ1) is 13.1. The number of aromatic nitrogens is 3. The van der Waals surface area contributed by atoms with Gasteiger partial charge in [-0.3, -0.25) is 9.20 Å². The van der Waals surface area contributed by atoms with Gasteiger partial charge < -0.3 is 0 Å². The highest BCUT2D eigenvalue weighted by molar-refractivity contribution is 5.99. The molecule has 2 heterocycles. The molecule has 2 aromatic heterocycles. The molecule has 0 spiro atoms. The van der Waals surface area contributed by atoms with Crippen molar-refractivity contribution in [3.63, 3.8) is 0 Å². The molecule has 5 rings (SSSR count). The fourth-order valence-corrected chi connectivity index (χ4v) is 4.04.